The van der Waals surface area contributed by atoms with Crippen molar-refractivity contribution in [2.75, 3.05) is 31.3 Å². The molecule has 0 bridgehead atoms. The fraction of sp³-hybridized carbons (Fsp3) is 0.837. The first kappa shape index (κ1) is 49.5. The van der Waals surface area contributed by atoms with Crippen LogP contribution in [0.4, 0.5) is 0 Å². The van der Waals surface area contributed by atoms with Crippen LogP contribution in [0.1, 0.15) is 175 Å². The number of aromatic nitrogens is 2. The molecule has 0 aromatic carbocycles. The van der Waals surface area contributed by atoms with Crippen LogP contribution < -0.4 is 10.6 Å². The van der Waals surface area contributed by atoms with Gasteiger partial charge in [0.25, 0.3) is 0 Å². The van der Waals surface area contributed by atoms with Gasteiger partial charge in [0, 0.05) is 44.1 Å². The highest BCUT2D eigenvalue weighted by atomic mass is 32.2. The van der Waals surface area contributed by atoms with E-state index in [0.717, 1.165) is 45.1 Å². The first-order valence-corrected chi connectivity index (χ1v) is 22.8. The lowest BCUT2D eigenvalue weighted by molar-refractivity contribution is -0.145. The largest absolute Gasteiger partial charge is 0.466 e. The third kappa shape index (κ3) is 29.8. The Morgan fingerprint density at radius 2 is 1.35 bits per heavy atom. The SMILES string of the molecule is CCCCCCCCC(CCCCCC)COC(=O)CCCCC(=O)NC(CCSCCC(=O)OCCCCCC(C)C)C(=O)NCCCn1ccnc1. The van der Waals surface area contributed by atoms with E-state index in [1.54, 1.807) is 24.3 Å². The van der Waals surface area contributed by atoms with Crippen LogP contribution in [0, 0.1) is 11.8 Å². The van der Waals surface area contributed by atoms with Gasteiger partial charge in [0.05, 0.1) is 26.0 Å². The molecular formula is C43H78N4O6S. The Labute approximate surface area is 333 Å². The highest BCUT2D eigenvalue weighted by Gasteiger charge is 2.20. The summed E-state index contributed by atoms with van der Waals surface area (Å²) < 4.78 is 13.1. The first-order valence-electron chi connectivity index (χ1n) is 21.7. The molecule has 312 valence electrons. The lowest BCUT2D eigenvalue weighted by atomic mass is 9.95. The highest BCUT2D eigenvalue weighted by molar-refractivity contribution is 7.99. The van der Waals surface area contributed by atoms with Gasteiger partial charge in [-0.3, -0.25) is 19.2 Å². The van der Waals surface area contributed by atoms with Gasteiger partial charge < -0.3 is 24.7 Å². The number of rotatable bonds is 37. The number of unbranched alkanes of at least 4 members (excludes halogenated alkanes) is 11. The van der Waals surface area contributed by atoms with Crippen molar-refractivity contribution < 1.29 is 28.7 Å². The second kappa shape index (κ2) is 34.9. The molecule has 0 aliphatic rings. The summed E-state index contributed by atoms with van der Waals surface area (Å²) in [7, 11) is 0. The number of hydrogen-bond donors (Lipinski definition) is 2. The van der Waals surface area contributed by atoms with Gasteiger partial charge >= 0.3 is 11.9 Å². The number of carbonyl (C=O) groups is 4. The highest BCUT2D eigenvalue weighted by Crippen LogP contribution is 2.20. The molecule has 1 aromatic heterocycles. The number of imidazole rings is 1. The molecule has 2 amide bonds. The molecule has 1 aromatic rings. The van der Waals surface area contributed by atoms with E-state index in [1.165, 1.54) is 70.6 Å². The summed E-state index contributed by atoms with van der Waals surface area (Å²) >= 11 is 1.58. The van der Waals surface area contributed by atoms with Gasteiger partial charge in [-0.25, -0.2) is 4.98 Å². The molecule has 54 heavy (non-hydrogen) atoms. The zero-order valence-corrected chi connectivity index (χ0v) is 35.5. The normalized spacial score (nSPS) is 12.4. The molecule has 0 aliphatic carbocycles. The van der Waals surface area contributed by atoms with Crippen molar-refractivity contribution in [3.63, 3.8) is 0 Å². The van der Waals surface area contributed by atoms with Crippen molar-refractivity contribution in [2.45, 2.75) is 188 Å². The van der Waals surface area contributed by atoms with Gasteiger partial charge in [-0.15, -0.1) is 0 Å². The fourth-order valence-electron chi connectivity index (χ4n) is 6.32. The van der Waals surface area contributed by atoms with E-state index in [9.17, 15) is 19.2 Å². The number of ether oxygens (including phenoxy) is 2. The lowest BCUT2D eigenvalue weighted by Crippen LogP contribution is -2.47. The summed E-state index contributed by atoms with van der Waals surface area (Å²) in [6, 6.07) is -0.665. The maximum atomic E-state index is 13.1. The number of thioether (sulfide) groups is 1. The average Bonchev–Trinajstić information content (AvgIpc) is 3.68. The third-order valence-corrected chi connectivity index (χ3v) is 10.8. The molecule has 0 saturated carbocycles. The molecule has 0 radical (unpaired) electrons. The van der Waals surface area contributed by atoms with Gasteiger partial charge in [0.1, 0.15) is 6.04 Å². The minimum absolute atomic E-state index is 0.188. The maximum absolute atomic E-state index is 13.1. The van der Waals surface area contributed by atoms with Gasteiger partial charge in [-0.05, 0) is 62.5 Å². The molecule has 2 atom stereocenters. The summed E-state index contributed by atoms with van der Waals surface area (Å²) in [6.45, 7) is 11.1. The lowest BCUT2D eigenvalue weighted by Gasteiger charge is -2.19. The van der Waals surface area contributed by atoms with Crippen LogP contribution in [-0.4, -0.2) is 70.6 Å². The number of esters is 2. The van der Waals surface area contributed by atoms with Crippen molar-refractivity contribution >= 4 is 35.5 Å². The molecular weight excluding hydrogens is 701 g/mol. The average molecular weight is 779 g/mol. The van der Waals surface area contributed by atoms with Crippen molar-refractivity contribution in [3.8, 4) is 0 Å². The topological polar surface area (TPSA) is 129 Å². The van der Waals surface area contributed by atoms with Crippen LogP contribution in [0.25, 0.3) is 0 Å². The molecule has 0 spiro atoms. The van der Waals surface area contributed by atoms with Gasteiger partial charge in [0.2, 0.25) is 11.8 Å². The fourth-order valence-corrected chi connectivity index (χ4v) is 7.24. The van der Waals surface area contributed by atoms with E-state index < -0.39 is 6.04 Å². The second-order valence-electron chi connectivity index (χ2n) is 15.3. The van der Waals surface area contributed by atoms with Crippen molar-refractivity contribution in [1.29, 1.82) is 0 Å². The molecule has 10 nitrogen and oxygen atoms in total. The van der Waals surface area contributed by atoms with E-state index in [0.29, 0.717) is 75.2 Å². The van der Waals surface area contributed by atoms with E-state index in [4.69, 9.17) is 9.47 Å². The number of nitrogens with one attached hydrogen (secondary N) is 2. The van der Waals surface area contributed by atoms with Gasteiger partial charge in [-0.1, -0.05) is 111 Å². The molecule has 1 rings (SSSR count). The van der Waals surface area contributed by atoms with E-state index in [2.05, 4.69) is 43.3 Å². The quantitative estimate of drug-likeness (QED) is 0.0505. The Kier molecular flexibility index (Phi) is 32.0. The summed E-state index contributed by atoms with van der Waals surface area (Å²) in [5.74, 6) is 1.58. The number of amides is 2. The molecule has 0 saturated heterocycles. The van der Waals surface area contributed by atoms with Crippen molar-refractivity contribution in [3.05, 3.63) is 18.7 Å². The Balaban J connectivity index is 2.43. The second-order valence-corrected chi connectivity index (χ2v) is 16.6. The Bertz CT molecular complexity index is 1070. The van der Waals surface area contributed by atoms with Crippen LogP contribution in [0.5, 0.6) is 0 Å². The number of carbonyl (C=O) groups excluding carboxylic acids is 4. The monoisotopic (exact) mass is 779 g/mol. The Morgan fingerprint density at radius 1 is 0.704 bits per heavy atom. The van der Waals surface area contributed by atoms with E-state index >= 15 is 0 Å². The van der Waals surface area contributed by atoms with Crippen LogP contribution in [-0.2, 0) is 35.2 Å². The minimum Gasteiger partial charge on any atom is -0.466 e. The molecule has 2 N–H and O–H groups in total. The summed E-state index contributed by atoms with van der Waals surface area (Å²) in [4.78, 5) is 54.8. The minimum atomic E-state index is -0.665. The molecule has 11 heteroatoms. The van der Waals surface area contributed by atoms with Gasteiger partial charge in [-0.2, -0.15) is 11.8 Å². The molecule has 0 fully saturated rings. The molecule has 0 aliphatic heterocycles. The van der Waals surface area contributed by atoms with Crippen LogP contribution >= 0.6 is 11.8 Å². The number of hydrogen-bond acceptors (Lipinski definition) is 8. The zero-order chi connectivity index (χ0) is 39.5. The molecule has 2 unspecified atom stereocenters. The first-order chi connectivity index (χ1) is 26.2. The number of aryl methyl sites for hydroxylation is 1. The smallest absolute Gasteiger partial charge is 0.306 e. The zero-order valence-electron chi connectivity index (χ0n) is 34.7. The Morgan fingerprint density at radius 3 is 2.06 bits per heavy atom. The standard InChI is InChI=1S/C43H78N4O6S/c1-5-7-9-11-12-16-23-38(22-15-10-8-6-2)35-53-41(49)25-18-17-24-40(48)46-39(43(51)45-28-20-30-47-31-29-44-36-47)26-33-54-34-27-42(50)52-32-19-13-14-21-37(3)4/h29,31,36-39H,5-28,30,32-35H2,1-4H3,(H,45,51)(H,46,48). The van der Waals surface area contributed by atoms with Crippen molar-refractivity contribution in [1.82, 2.24) is 20.2 Å². The van der Waals surface area contributed by atoms with Crippen LogP contribution in [0.2, 0.25) is 0 Å². The predicted octanol–water partition coefficient (Wildman–Crippen LogP) is 9.59. The molecule has 1 heterocycles. The summed E-state index contributed by atoms with van der Waals surface area (Å²) in [5, 5.41) is 5.90. The summed E-state index contributed by atoms with van der Waals surface area (Å²) in [6.07, 6.45) is 27.6. The number of nitrogens with zero attached hydrogens (tertiary/aromatic N) is 2. The van der Waals surface area contributed by atoms with Crippen LogP contribution in [0.15, 0.2) is 18.7 Å². The third-order valence-electron chi connectivity index (χ3n) is 9.74. The predicted molar refractivity (Wildman–Crippen MR) is 222 cm³/mol. The summed E-state index contributed by atoms with van der Waals surface area (Å²) in [5.41, 5.74) is 0. The van der Waals surface area contributed by atoms with Crippen LogP contribution in [0.3, 0.4) is 0 Å². The maximum Gasteiger partial charge on any atom is 0.306 e. The Hall–Kier alpha value is -2.56. The van der Waals surface area contributed by atoms with Gasteiger partial charge in [0.15, 0.2) is 0 Å². The van der Waals surface area contributed by atoms with Crippen molar-refractivity contribution in [2.24, 2.45) is 11.8 Å². The van der Waals surface area contributed by atoms with E-state index in [1.807, 2.05) is 10.8 Å². The van der Waals surface area contributed by atoms with E-state index in [-0.39, 0.29) is 30.2 Å².